The zero-order valence-electron chi connectivity index (χ0n) is 13.2. The van der Waals surface area contributed by atoms with E-state index in [1.54, 1.807) is 13.8 Å². The number of aliphatic hydroxyl groups is 2. The van der Waals surface area contributed by atoms with Gasteiger partial charge in [-0.3, -0.25) is 0 Å². The fourth-order valence-corrected chi connectivity index (χ4v) is 3.25. The van der Waals surface area contributed by atoms with Crippen LogP contribution in [0.4, 0.5) is 5.69 Å². The van der Waals surface area contributed by atoms with Crippen molar-refractivity contribution < 1.29 is 10.2 Å². The van der Waals surface area contributed by atoms with Crippen LogP contribution in [0.2, 0.25) is 0 Å². The predicted octanol–water partition coefficient (Wildman–Crippen LogP) is 2.83. The lowest BCUT2D eigenvalue weighted by Crippen LogP contribution is -2.36. The Morgan fingerprint density at radius 3 is 2.23 bits per heavy atom. The van der Waals surface area contributed by atoms with E-state index in [0.29, 0.717) is 13.1 Å². The van der Waals surface area contributed by atoms with Gasteiger partial charge in [0.1, 0.15) is 0 Å². The van der Waals surface area contributed by atoms with Crippen molar-refractivity contribution in [2.24, 2.45) is 0 Å². The third kappa shape index (κ3) is 3.01. The van der Waals surface area contributed by atoms with Gasteiger partial charge in [-0.05, 0) is 54.7 Å². The fraction of sp³-hybridized carbons (Fsp3) is 0.368. The summed E-state index contributed by atoms with van der Waals surface area (Å²) in [6.45, 7) is 4.60. The molecular formula is C19H23NO2. The van der Waals surface area contributed by atoms with E-state index in [9.17, 15) is 10.2 Å². The van der Waals surface area contributed by atoms with Crippen molar-refractivity contribution in [3.05, 3.63) is 53.6 Å². The molecule has 22 heavy (non-hydrogen) atoms. The van der Waals surface area contributed by atoms with Crippen LogP contribution in [0.15, 0.2) is 42.5 Å². The Hall–Kier alpha value is -1.84. The summed E-state index contributed by atoms with van der Waals surface area (Å²) in [6.07, 6.45) is 0.102. The third-order valence-electron chi connectivity index (χ3n) is 4.11. The highest BCUT2D eigenvalue weighted by Crippen LogP contribution is 2.38. The van der Waals surface area contributed by atoms with Crippen molar-refractivity contribution in [1.82, 2.24) is 0 Å². The van der Waals surface area contributed by atoms with Crippen molar-refractivity contribution in [2.75, 3.05) is 18.0 Å². The number of rotatable bonds is 5. The van der Waals surface area contributed by atoms with Gasteiger partial charge in [0.15, 0.2) is 0 Å². The average molecular weight is 297 g/mol. The molecule has 116 valence electrons. The highest BCUT2D eigenvalue weighted by atomic mass is 16.3. The number of hydrogen-bond donors (Lipinski definition) is 2. The molecule has 0 aromatic heterocycles. The van der Waals surface area contributed by atoms with Gasteiger partial charge in [0.25, 0.3) is 0 Å². The van der Waals surface area contributed by atoms with Crippen LogP contribution < -0.4 is 4.90 Å². The lowest BCUT2D eigenvalue weighted by molar-refractivity contribution is 0.178. The van der Waals surface area contributed by atoms with Gasteiger partial charge in [-0.2, -0.15) is 0 Å². The van der Waals surface area contributed by atoms with Gasteiger partial charge in [-0.1, -0.05) is 30.3 Å². The number of aliphatic hydroxyl groups excluding tert-OH is 2. The third-order valence-corrected chi connectivity index (χ3v) is 4.11. The molecule has 2 aromatic rings. The number of fused-ring (bicyclic) bond motifs is 3. The van der Waals surface area contributed by atoms with Crippen LogP contribution in [0.1, 0.15) is 25.0 Å². The molecule has 0 bridgehead atoms. The largest absolute Gasteiger partial charge is 0.392 e. The molecule has 0 fully saturated rings. The minimum Gasteiger partial charge on any atom is -0.392 e. The first kappa shape index (κ1) is 15.1. The highest BCUT2D eigenvalue weighted by Gasteiger charge is 2.20. The lowest BCUT2D eigenvalue weighted by atomic mass is 10.0. The molecule has 1 aliphatic carbocycles. The number of nitrogens with zero attached hydrogens (tertiary/aromatic N) is 1. The molecule has 2 unspecified atom stereocenters. The summed E-state index contributed by atoms with van der Waals surface area (Å²) in [5, 5.41) is 19.4. The monoisotopic (exact) mass is 297 g/mol. The van der Waals surface area contributed by atoms with Gasteiger partial charge >= 0.3 is 0 Å². The van der Waals surface area contributed by atoms with E-state index in [2.05, 4.69) is 47.4 Å². The average Bonchev–Trinajstić information content (AvgIpc) is 2.83. The second-order valence-electron chi connectivity index (χ2n) is 6.28. The summed E-state index contributed by atoms with van der Waals surface area (Å²) in [5.41, 5.74) is 6.37. The van der Waals surface area contributed by atoms with E-state index in [0.717, 1.165) is 12.1 Å². The summed E-state index contributed by atoms with van der Waals surface area (Å²) < 4.78 is 0. The Labute approximate surface area is 131 Å². The SMILES string of the molecule is CC(O)CN(CC(C)O)c1ccc2c(c1)Cc1ccccc1-2. The molecule has 0 heterocycles. The Bertz CT molecular complexity index is 654. The molecule has 0 spiro atoms. The molecule has 0 radical (unpaired) electrons. The molecular weight excluding hydrogens is 274 g/mol. The summed E-state index contributed by atoms with van der Waals surface area (Å²) in [6, 6.07) is 15.0. The molecule has 0 aliphatic heterocycles. The molecule has 1 aliphatic rings. The van der Waals surface area contributed by atoms with Crippen molar-refractivity contribution >= 4 is 5.69 Å². The Morgan fingerprint density at radius 1 is 0.909 bits per heavy atom. The van der Waals surface area contributed by atoms with E-state index in [1.807, 2.05) is 0 Å². The minimum atomic E-state index is -0.427. The van der Waals surface area contributed by atoms with Crippen LogP contribution in [-0.4, -0.2) is 35.5 Å². The van der Waals surface area contributed by atoms with Crippen molar-refractivity contribution in [2.45, 2.75) is 32.5 Å². The van der Waals surface area contributed by atoms with Gasteiger partial charge in [-0.25, -0.2) is 0 Å². The van der Waals surface area contributed by atoms with Gasteiger partial charge < -0.3 is 15.1 Å². The second-order valence-corrected chi connectivity index (χ2v) is 6.28. The number of hydrogen-bond acceptors (Lipinski definition) is 3. The molecule has 3 nitrogen and oxygen atoms in total. The maximum absolute atomic E-state index is 9.71. The molecule has 0 saturated carbocycles. The first-order valence-electron chi connectivity index (χ1n) is 7.87. The van der Waals surface area contributed by atoms with E-state index in [-0.39, 0.29) is 0 Å². The maximum Gasteiger partial charge on any atom is 0.0687 e. The smallest absolute Gasteiger partial charge is 0.0687 e. The van der Waals surface area contributed by atoms with Crippen LogP contribution in [0.3, 0.4) is 0 Å². The Morgan fingerprint density at radius 2 is 1.55 bits per heavy atom. The quantitative estimate of drug-likeness (QED) is 0.761. The van der Waals surface area contributed by atoms with Gasteiger partial charge in [0, 0.05) is 18.8 Å². The predicted molar refractivity (Wildman–Crippen MR) is 90.3 cm³/mol. The normalized spacial score (nSPS) is 15.1. The summed E-state index contributed by atoms with van der Waals surface area (Å²) in [5.74, 6) is 0. The summed E-state index contributed by atoms with van der Waals surface area (Å²) >= 11 is 0. The molecule has 3 heteroatoms. The first-order chi connectivity index (χ1) is 10.5. The highest BCUT2D eigenvalue weighted by molar-refractivity contribution is 5.78. The van der Waals surface area contributed by atoms with E-state index >= 15 is 0 Å². The molecule has 2 atom stereocenters. The van der Waals surface area contributed by atoms with Gasteiger partial charge in [0.2, 0.25) is 0 Å². The van der Waals surface area contributed by atoms with Crippen LogP contribution >= 0.6 is 0 Å². The van der Waals surface area contributed by atoms with Crippen LogP contribution in [-0.2, 0) is 6.42 Å². The molecule has 0 saturated heterocycles. The summed E-state index contributed by atoms with van der Waals surface area (Å²) in [7, 11) is 0. The first-order valence-corrected chi connectivity index (χ1v) is 7.87. The lowest BCUT2D eigenvalue weighted by Gasteiger charge is -2.28. The Balaban J connectivity index is 1.91. The van der Waals surface area contributed by atoms with Crippen molar-refractivity contribution in [1.29, 1.82) is 0 Å². The van der Waals surface area contributed by atoms with Gasteiger partial charge in [0.05, 0.1) is 12.2 Å². The maximum atomic E-state index is 9.71. The molecule has 3 rings (SSSR count). The zero-order chi connectivity index (χ0) is 15.7. The fourth-order valence-electron chi connectivity index (χ4n) is 3.25. The second kappa shape index (κ2) is 6.11. The molecule has 2 N–H and O–H groups in total. The van der Waals surface area contributed by atoms with Crippen molar-refractivity contribution in [3.8, 4) is 11.1 Å². The molecule has 2 aromatic carbocycles. The molecule has 0 amide bonds. The summed E-state index contributed by atoms with van der Waals surface area (Å²) in [4.78, 5) is 2.05. The number of anilines is 1. The van der Waals surface area contributed by atoms with Gasteiger partial charge in [-0.15, -0.1) is 0 Å². The standard InChI is InChI=1S/C19H23NO2/c1-13(21)11-20(12-14(2)22)17-7-8-19-16(10-17)9-15-5-3-4-6-18(15)19/h3-8,10,13-14,21-22H,9,11-12H2,1-2H3. The van der Waals surface area contributed by atoms with Crippen LogP contribution in [0, 0.1) is 0 Å². The van der Waals surface area contributed by atoms with E-state index in [1.165, 1.54) is 22.3 Å². The minimum absolute atomic E-state index is 0.427. The van der Waals surface area contributed by atoms with Crippen LogP contribution in [0.25, 0.3) is 11.1 Å². The van der Waals surface area contributed by atoms with E-state index in [4.69, 9.17) is 0 Å². The number of benzene rings is 2. The van der Waals surface area contributed by atoms with E-state index < -0.39 is 12.2 Å². The topological polar surface area (TPSA) is 43.7 Å². The Kier molecular flexibility index (Phi) is 4.19. The zero-order valence-corrected chi connectivity index (χ0v) is 13.2. The van der Waals surface area contributed by atoms with Crippen LogP contribution in [0.5, 0.6) is 0 Å². The van der Waals surface area contributed by atoms with Crippen molar-refractivity contribution in [3.63, 3.8) is 0 Å².